The van der Waals surface area contributed by atoms with Gasteiger partial charge < -0.3 is 20.0 Å². The highest BCUT2D eigenvalue weighted by atomic mass is 32.2. The fraction of sp³-hybridized carbons (Fsp3) is 0.200. The van der Waals surface area contributed by atoms with E-state index in [4.69, 9.17) is 4.74 Å². The van der Waals surface area contributed by atoms with Crippen LogP contribution >= 0.6 is 23.1 Å². The fourth-order valence-electron chi connectivity index (χ4n) is 2.16. The number of hydrogen-bond donors (Lipinski definition) is 1. The van der Waals surface area contributed by atoms with Gasteiger partial charge in [-0.15, -0.1) is 11.3 Å². The third-order valence-electron chi connectivity index (χ3n) is 3.31. The minimum Gasteiger partial charge on any atom is -0.544 e. The fourth-order valence-corrected chi connectivity index (χ4v) is 4.07. The molecule has 0 bridgehead atoms. The highest BCUT2D eigenvalue weighted by molar-refractivity contribution is 7.99. The van der Waals surface area contributed by atoms with Crippen LogP contribution in [0, 0.1) is 0 Å². The summed E-state index contributed by atoms with van der Waals surface area (Å²) in [5.74, 6) is -0.401. The summed E-state index contributed by atoms with van der Waals surface area (Å²) in [4.78, 5) is 23.3. The zero-order valence-corrected chi connectivity index (χ0v) is 13.1. The first-order valence-corrected chi connectivity index (χ1v) is 8.59. The third-order valence-corrected chi connectivity index (χ3v) is 5.50. The predicted molar refractivity (Wildman–Crippen MR) is 81.6 cm³/mol. The Morgan fingerprint density at radius 2 is 2.00 bits per heavy atom. The van der Waals surface area contributed by atoms with Crippen LogP contribution in [0.25, 0.3) is 0 Å². The van der Waals surface area contributed by atoms with E-state index >= 15 is 0 Å². The molecule has 114 valence electrons. The van der Waals surface area contributed by atoms with Gasteiger partial charge in [0, 0.05) is 5.56 Å². The molecule has 2 N–H and O–H groups in total. The molecule has 2 aromatic rings. The number of carboxylic acid groups (broad SMARTS) is 1. The van der Waals surface area contributed by atoms with Gasteiger partial charge in [0.2, 0.25) is 0 Å². The van der Waals surface area contributed by atoms with Gasteiger partial charge >= 0.3 is 5.97 Å². The number of carbonyl (C=O) groups excluding carboxylic acids is 2. The van der Waals surface area contributed by atoms with E-state index in [1.54, 1.807) is 41.3 Å². The molecule has 0 spiro atoms. The van der Waals surface area contributed by atoms with Gasteiger partial charge in [-0.05, 0) is 35.7 Å². The first-order valence-electron chi connectivity index (χ1n) is 6.66. The standard InChI is InChI=1S/C15H13NO4S2/c17-14(18)11-8-22-13(16-11)9-3-5-10(6-4-9)20-15(19)12-2-1-7-21-12/h1-7,11,13,16H,8H2,(H,17,18)/t11-,13+/m1/s1. The van der Waals surface area contributed by atoms with Crippen LogP contribution in [0.1, 0.15) is 20.6 Å². The van der Waals surface area contributed by atoms with Crippen molar-refractivity contribution in [2.24, 2.45) is 0 Å². The molecule has 1 saturated heterocycles. The molecule has 2 heterocycles. The first-order chi connectivity index (χ1) is 10.6. The molecule has 1 aromatic carbocycles. The molecule has 1 aromatic heterocycles. The van der Waals surface area contributed by atoms with Gasteiger partial charge in [-0.1, -0.05) is 17.8 Å². The van der Waals surface area contributed by atoms with Crippen LogP contribution in [0.3, 0.4) is 0 Å². The number of carbonyl (C=O) groups is 2. The second kappa shape index (κ2) is 6.51. The molecule has 22 heavy (non-hydrogen) atoms. The van der Waals surface area contributed by atoms with Crippen LogP contribution in [-0.4, -0.2) is 23.7 Å². The number of thiophene rings is 1. The van der Waals surface area contributed by atoms with Crippen molar-refractivity contribution in [1.29, 1.82) is 0 Å². The van der Waals surface area contributed by atoms with Gasteiger partial charge in [-0.2, -0.15) is 0 Å². The highest BCUT2D eigenvalue weighted by Gasteiger charge is 2.30. The molecule has 0 amide bonds. The summed E-state index contributed by atoms with van der Waals surface area (Å²) in [7, 11) is 0. The summed E-state index contributed by atoms with van der Waals surface area (Å²) in [5, 5.41) is 14.5. The molecule has 2 atom stereocenters. The van der Waals surface area contributed by atoms with E-state index < -0.39 is 12.0 Å². The second-order valence-corrected chi connectivity index (χ2v) is 6.93. The molecular formula is C15H13NO4S2. The van der Waals surface area contributed by atoms with Gasteiger partial charge in [0.1, 0.15) is 22.6 Å². The Balaban J connectivity index is 1.63. The highest BCUT2D eigenvalue weighted by Crippen LogP contribution is 2.28. The van der Waals surface area contributed by atoms with Gasteiger partial charge in [-0.3, -0.25) is 0 Å². The van der Waals surface area contributed by atoms with Gasteiger partial charge in [0.15, 0.2) is 5.37 Å². The number of hydrogen-bond acceptors (Lipinski definition) is 6. The van der Waals surface area contributed by atoms with Crippen molar-refractivity contribution in [3.8, 4) is 5.75 Å². The Morgan fingerprint density at radius 1 is 1.23 bits per heavy atom. The van der Waals surface area contributed by atoms with E-state index in [-0.39, 0.29) is 11.3 Å². The topological polar surface area (TPSA) is 83.0 Å². The van der Waals surface area contributed by atoms with Gasteiger partial charge in [0.05, 0.1) is 5.75 Å². The van der Waals surface area contributed by atoms with Crippen LogP contribution < -0.4 is 15.2 Å². The summed E-state index contributed by atoms with van der Waals surface area (Å²) in [6.07, 6.45) is 0. The molecule has 5 nitrogen and oxygen atoms in total. The molecule has 0 aliphatic carbocycles. The quantitative estimate of drug-likeness (QED) is 0.646. The van der Waals surface area contributed by atoms with Crippen molar-refractivity contribution in [2.45, 2.75) is 11.4 Å². The second-order valence-electron chi connectivity index (χ2n) is 4.81. The summed E-state index contributed by atoms with van der Waals surface area (Å²) < 4.78 is 5.29. The normalized spacial score (nSPS) is 20.7. The largest absolute Gasteiger partial charge is 0.544 e. The Kier molecular flexibility index (Phi) is 4.47. The van der Waals surface area contributed by atoms with Crippen LogP contribution in [0.5, 0.6) is 5.75 Å². The third kappa shape index (κ3) is 3.32. The average Bonchev–Trinajstić information content (AvgIpc) is 3.20. The maximum atomic E-state index is 11.8. The van der Waals surface area contributed by atoms with Crippen LogP contribution in [-0.2, 0) is 4.79 Å². The maximum absolute atomic E-state index is 11.8. The number of thioether (sulfide) groups is 1. The van der Waals surface area contributed by atoms with Crippen molar-refractivity contribution >= 4 is 35.0 Å². The Labute approximate surface area is 135 Å². The smallest absolute Gasteiger partial charge is 0.353 e. The number of benzene rings is 1. The van der Waals surface area contributed by atoms with Gasteiger partial charge in [-0.25, -0.2) is 4.79 Å². The lowest BCUT2D eigenvalue weighted by molar-refractivity contribution is -0.690. The summed E-state index contributed by atoms with van der Waals surface area (Å²) in [5.41, 5.74) is 0.990. The molecule has 0 radical (unpaired) electrons. The lowest BCUT2D eigenvalue weighted by atomic mass is 10.2. The lowest BCUT2D eigenvalue weighted by Crippen LogP contribution is -2.90. The number of ether oxygens (including phenoxy) is 1. The molecule has 7 heteroatoms. The van der Waals surface area contributed by atoms with Crippen LogP contribution in [0.4, 0.5) is 0 Å². The zero-order valence-electron chi connectivity index (χ0n) is 11.4. The number of carboxylic acids is 1. The van der Waals surface area contributed by atoms with Crippen molar-refractivity contribution in [2.75, 3.05) is 5.75 Å². The minimum atomic E-state index is -1.03. The number of rotatable bonds is 4. The van der Waals surface area contributed by atoms with Crippen LogP contribution in [0.15, 0.2) is 41.8 Å². The van der Waals surface area contributed by atoms with Crippen molar-refractivity contribution in [3.63, 3.8) is 0 Å². The molecule has 0 unspecified atom stereocenters. The first kappa shape index (κ1) is 15.1. The average molecular weight is 335 g/mol. The van der Waals surface area contributed by atoms with Gasteiger partial charge in [0.25, 0.3) is 0 Å². The minimum absolute atomic E-state index is 0.0324. The SMILES string of the molecule is O=C(Oc1ccc([C@H]2[NH2+][C@@H](C(=O)[O-])CS2)cc1)c1cccs1. The molecular weight excluding hydrogens is 322 g/mol. The summed E-state index contributed by atoms with van der Waals surface area (Å²) >= 11 is 2.90. The molecule has 1 fully saturated rings. The Hall–Kier alpha value is -1.83. The van der Waals surface area contributed by atoms with Crippen LogP contribution in [0.2, 0.25) is 0 Å². The van der Waals surface area contributed by atoms with Crippen molar-refractivity contribution in [3.05, 3.63) is 52.2 Å². The monoisotopic (exact) mass is 335 g/mol. The summed E-state index contributed by atoms with van der Waals surface area (Å²) in [6.45, 7) is 0. The number of nitrogens with two attached hydrogens (primary N) is 1. The van der Waals surface area contributed by atoms with E-state index in [0.29, 0.717) is 16.4 Å². The van der Waals surface area contributed by atoms with E-state index in [9.17, 15) is 14.7 Å². The maximum Gasteiger partial charge on any atom is 0.353 e. The molecule has 1 aliphatic rings. The van der Waals surface area contributed by atoms with E-state index in [1.807, 2.05) is 17.5 Å². The lowest BCUT2D eigenvalue weighted by Gasteiger charge is -2.11. The number of quaternary nitrogens is 1. The molecule has 3 rings (SSSR count). The number of esters is 1. The van der Waals surface area contributed by atoms with E-state index in [0.717, 1.165) is 5.56 Å². The number of aliphatic carboxylic acids is 1. The van der Waals surface area contributed by atoms with Crippen molar-refractivity contribution < 1.29 is 24.7 Å². The van der Waals surface area contributed by atoms with E-state index in [1.165, 1.54) is 11.3 Å². The molecule has 0 saturated carbocycles. The van der Waals surface area contributed by atoms with E-state index in [2.05, 4.69) is 0 Å². The Bertz CT molecular complexity index is 669. The zero-order chi connectivity index (χ0) is 15.5. The summed E-state index contributed by atoms with van der Waals surface area (Å²) in [6, 6.07) is 10.2. The predicted octanol–water partition coefficient (Wildman–Crippen LogP) is 0.395. The van der Waals surface area contributed by atoms with Crippen molar-refractivity contribution in [1.82, 2.24) is 0 Å². The molecule has 1 aliphatic heterocycles. The Morgan fingerprint density at radius 3 is 2.59 bits per heavy atom.